The SMILES string of the molecule is C[C@@H](CC1=CCCO1)C(=O)c1[nH]c2ccc(NS(=O)(=O)C3=CCC(C)(C(C)(C)C)C=C3)cc2c1-c1ccccc1. The fourth-order valence-electron chi connectivity index (χ4n) is 5.28. The lowest BCUT2D eigenvalue weighted by Crippen LogP contribution is -2.32. The molecule has 2 aromatic carbocycles. The summed E-state index contributed by atoms with van der Waals surface area (Å²) in [7, 11) is -3.79. The third kappa shape index (κ3) is 5.39. The Morgan fingerprint density at radius 1 is 1.12 bits per heavy atom. The smallest absolute Gasteiger partial charge is 0.261 e. The molecule has 5 rings (SSSR count). The molecule has 2 N–H and O–H groups in total. The van der Waals surface area contributed by atoms with Gasteiger partial charge in [-0.25, -0.2) is 8.42 Å². The molecule has 1 aliphatic carbocycles. The van der Waals surface area contributed by atoms with Crippen molar-refractivity contribution in [1.29, 1.82) is 0 Å². The van der Waals surface area contributed by atoms with E-state index in [0.29, 0.717) is 30.8 Å². The molecule has 0 bridgehead atoms. The molecule has 6 nitrogen and oxygen atoms in total. The molecule has 0 fully saturated rings. The van der Waals surface area contributed by atoms with Gasteiger partial charge in [-0.3, -0.25) is 9.52 Å². The van der Waals surface area contributed by atoms with Gasteiger partial charge in [-0.05, 0) is 53.2 Å². The van der Waals surface area contributed by atoms with E-state index >= 15 is 0 Å². The minimum atomic E-state index is -3.79. The fraction of sp³-hybridized carbons (Fsp3) is 0.364. The Hall–Kier alpha value is -3.58. The van der Waals surface area contributed by atoms with Gasteiger partial charge in [0, 0.05) is 40.9 Å². The van der Waals surface area contributed by atoms with Crippen LogP contribution in [0.4, 0.5) is 5.69 Å². The quantitative estimate of drug-likeness (QED) is 0.274. The number of carbonyl (C=O) groups is 1. The highest BCUT2D eigenvalue weighted by molar-refractivity contribution is 7.96. The number of H-pyrrole nitrogens is 1. The molecule has 2 atom stereocenters. The average molecular weight is 559 g/mol. The molecule has 2 heterocycles. The fourth-order valence-corrected chi connectivity index (χ4v) is 6.39. The van der Waals surface area contributed by atoms with Crippen molar-refractivity contribution in [2.24, 2.45) is 16.7 Å². The second kappa shape index (κ2) is 10.4. The zero-order valence-electron chi connectivity index (χ0n) is 23.9. The zero-order chi connectivity index (χ0) is 28.7. The number of benzene rings is 2. The molecule has 210 valence electrons. The number of fused-ring (bicyclic) bond motifs is 1. The van der Waals surface area contributed by atoms with E-state index < -0.39 is 10.0 Å². The lowest BCUT2D eigenvalue weighted by Gasteiger charge is -2.40. The summed E-state index contributed by atoms with van der Waals surface area (Å²) in [5, 5.41) is 0.784. The van der Waals surface area contributed by atoms with E-state index in [1.165, 1.54) is 0 Å². The van der Waals surface area contributed by atoms with E-state index in [0.717, 1.165) is 34.2 Å². The molecule has 0 saturated carbocycles. The van der Waals surface area contributed by atoms with E-state index in [1.807, 2.05) is 61.5 Å². The first kappa shape index (κ1) is 28.0. The minimum absolute atomic E-state index is 0.00356. The number of aromatic nitrogens is 1. The predicted molar refractivity (Wildman–Crippen MR) is 162 cm³/mol. The Morgan fingerprint density at radius 2 is 1.88 bits per heavy atom. The van der Waals surface area contributed by atoms with Crippen LogP contribution < -0.4 is 4.72 Å². The number of carbonyl (C=O) groups excluding carboxylic acids is 1. The highest BCUT2D eigenvalue weighted by Crippen LogP contribution is 2.45. The molecule has 1 aromatic heterocycles. The van der Waals surface area contributed by atoms with Crippen molar-refractivity contribution in [3.8, 4) is 11.1 Å². The van der Waals surface area contributed by atoms with Gasteiger partial charge in [-0.15, -0.1) is 0 Å². The minimum Gasteiger partial charge on any atom is -0.498 e. The van der Waals surface area contributed by atoms with Crippen molar-refractivity contribution in [2.45, 2.75) is 53.9 Å². The molecule has 1 unspecified atom stereocenters. The van der Waals surface area contributed by atoms with Gasteiger partial charge in [0.1, 0.15) is 0 Å². The summed E-state index contributed by atoms with van der Waals surface area (Å²) in [4.78, 5) is 17.3. The standard InChI is InChI=1S/C33H38N2O4S/c1-22(20-25-12-9-19-39-25)31(36)30-29(23-10-7-6-8-11-23)27-21-24(13-14-28(27)34-30)35-40(37,38)26-15-17-33(5,18-16-26)32(2,3)4/h6-8,10-17,21-22,34-35H,9,18-20H2,1-5H3/t22-,33?/m0/s1. The molecular formula is C33H38N2O4S. The number of ether oxygens (including phenoxy) is 1. The van der Waals surface area contributed by atoms with Crippen LogP contribution in [0.1, 0.15) is 64.4 Å². The summed E-state index contributed by atoms with van der Waals surface area (Å²) in [6, 6.07) is 15.1. The van der Waals surface area contributed by atoms with E-state index in [2.05, 4.69) is 37.4 Å². The third-order valence-electron chi connectivity index (χ3n) is 8.46. The van der Waals surface area contributed by atoms with Crippen LogP contribution in [0.5, 0.6) is 0 Å². The Morgan fingerprint density at radius 3 is 2.50 bits per heavy atom. The Balaban J connectivity index is 1.48. The van der Waals surface area contributed by atoms with Gasteiger partial charge >= 0.3 is 0 Å². The first-order valence-electron chi connectivity index (χ1n) is 13.9. The van der Waals surface area contributed by atoms with E-state index in [9.17, 15) is 13.2 Å². The van der Waals surface area contributed by atoms with Crippen molar-refractivity contribution >= 4 is 32.4 Å². The first-order valence-corrected chi connectivity index (χ1v) is 15.4. The third-order valence-corrected chi connectivity index (χ3v) is 9.89. The normalized spacial score (nSPS) is 20.1. The molecule has 7 heteroatoms. The monoisotopic (exact) mass is 558 g/mol. The zero-order valence-corrected chi connectivity index (χ0v) is 24.7. The number of aromatic amines is 1. The summed E-state index contributed by atoms with van der Waals surface area (Å²) in [6.07, 6.45) is 9.64. The number of ketones is 1. The Bertz CT molecular complexity index is 1640. The number of hydrogen-bond acceptors (Lipinski definition) is 4. The van der Waals surface area contributed by atoms with Crippen molar-refractivity contribution in [1.82, 2.24) is 4.98 Å². The van der Waals surface area contributed by atoms with Crippen LogP contribution >= 0.6 is 0 Å². The van der Waals surface area contributed by atoms with Crippen LogP contribution in [0.2, 0.25) is 0 Å². The van der Waals surface area contributed by atoms with Gasteiger partial charge in [-0.1, -0.05) is 77.1 Å². The number of allylic oxidation sites excluding steroid dienone is 4. The number of sulfonamides is 1. The second-order valence-corrected chi connectivity index (χ2v) is 13.9. The second-order valence-electron chi connectivity index (χ2n) is 12.2. The largest absolute Gasteiger partial charge is 0.498 e. The Labute approximate surface area is 237 Å². The first-order chi connectivity index (χ1) is 18.9. The molecule has 2 aliphatic rings. The van der Waals surface area contributed by atoms with Crippen LogP contribution in [-0.4, -0.2) is 25.8 Å². The molecule has 40 heavy (non-hydrogen) atoms. The van der Waals surface area contributed by atoms with Crippen molar-refractivity contribution in [3.63, 3.8) is 0 Å². The van der Waals surface area contributed by atoms with Gasteiger partial charge in [0.15, 0.2) is 5.78 Å². The van der Waals surface area contributed by atoms with Crippen molar-refractivity contribution in [3.05, 3.63) is 89.2 Å². The molecule has 0 spiro atoms. The van der Waals surface area contributed by atoms with Crippen LogP contribution in [-0.2, 0) is 14.8 Å². The molecule has 0 radical (unpaired) electrons. The average Bonchev–Trinajstić information content (AvgIpc) is 3.55. The molecular weight excluding hydrogens is 520 g/mol. The summed E-state index contributed by atoms with van der Waals surface area (Å²) >= 11 is 0. The van der Waals surface area contributed by atoms with Crippen LogP contribution in [0.25, 0.3) is 22.0 Å². The highest BCUT2D eigenvalue weighted by atomic mass is 32.2. The van der Waals surface area contributed by atoms with Gasteiger partial charge < -0.3 is 9.72 Å². The maximum atomic E-state index is 13.7. The van der Waals surface area contributed by atoms with E-state index in [4.69, 9.17) is 4.74 Å². The number of hydrogen-bond donors (Lipinski definition) is 2. The van der Waals surface area contributed by atoms with Crippen LogP contribution in [0.3, 0.4) is 0 Å². The van der Waals surface area contributed by atoms with Gasteiger partial charge in [0.25, 0.3) is 10.0 Å². The summed E-state index contributed by atoms with van der Waals surface area (Å²) in [5.41, 5.74) is 3.27. The Kier molecular flexibility index (Phi) is 7.29. The molecule has 0 amide bonds. The predicted octanol–water partition coefficient (Wildman–Crippen LogP) is 7.99. The summed E-state index contributed by atoms with van der Waals surface area (Å²) in [6.45, 7) is 11.2. The lowest BCUT2D eigenvalue weighted by molar-refractivity contribution is 0.0912. The highest BCUT2D eigenvalue weighted by Gasteiger charge is 2.37. The number of nitrogens with one attached hydrogen (secondary N) is 2. The van der Waals surface area contributed by atoms with Gasteiger partial charge in [0.2, 0.25) is 0 Å². The van der Waals surface area contributed by atoms with Crippen molar-refractivity contribution in [2.75, 3.05) is 11.3 Å². The maximum Gasteiger partial charge on any atom is 0.261 e. The van der Waals surface area contributed by atoms with Crippen molar-refractivity contribution < 1.29 is 17.9 Å². The number of anilines is 1. The van der Waals surface area contributed by atoms with E-state index in [-0.39, 0.29) is 27.4 Å². The summed E-state index contributed by atoms with van der Waals surface area (Å²) in [5.74, 6) is 0.582. The molecule has 0 saturated heterocycles. The molecule has 1 aliphatic heterocycles. The van der Waals surface area contributed by atoms with Gasteiger partial charge in [0.05, 0.1) is 23.0 Å². The van der Waals surface area contributed by atoms with Crippen LogP contribution in [0, 0.1) is 16.7 Å². The molecule has 3 aromatic rings. The van der Waals surface area contributed by atoms with E-state index in [1.54, 1.807) is 18.2 Å². The lowest BCUT2D eigenvalue weighted by atomic mass is 9.65. The van der Waals surface area contributed by atoms with Crippen LogP contribution in [0.15, 0.2) is 83.5 Å². The number of rotatable bonds is 8. The van der Waals surface area contributed by atoms with Gasteiger partial charge in [-0.2, -0.15) is 0 Å². The summed E-state index contributed by atoms with van der Waals surface area (Å²) < 4.78 is 35.1. The number of Topliss-reactive ketones (excluding diaryl/α,β-unsaturated/α-hetero) is 1. The topological polar surface area (TPSA) is 88.3 Å². The maximum absolute atomic E-state index is 13.7.